The molecule has 0 spiro atoms. The topological polar surface area (TPSA) is 98.7 Å². The van der Waals surface area contributed by atoms with Crippen molar-refractivity contribution in [2.24, 2.45) is 0 Å². The van der Waals surface area contributed by atoms with Gasteiger partial charge in [0.25, 0.3) is 0 Å². The molecule has 0 saturated carbocycles. The summed E-state index contributed by atoms with van der Waals surface area (Å²) in [4.78, 5) is 37.3. The van der Waals surface area contributed by atoms with Crippen LogP contribution in [0.3, 0.4) is 0 Å². The van der Waals surface area contributed by atoms with Gasteiger partial charge in [0.2, 0.25) is 5.91 Å². The van der Waals surface area contributed by atoms with Gasteiger partial charge < -0.3 is 20.6 Å². The molecule has 1 heterocycles. The lowest BCUT2D eigenvalue weighted by atomic mass is 9.96. The Morgan fingerprint density at radius 1 is 1.32 bits per heavy atom. The van der Waals surface area contributed by atoms with E-state index in [1.807, 2.05) is 38.1 Å². The van der Waals surface area contributed by atoms with Gasteiger partial charge in [-0.2, -0.15) is 0 Å². The zero-order valence-electron chi connectivity index (χ0n) is 14.6. The summed E-state index contributed by atoms with van der Waals surface area (Å²) in [7, 11) is 0. The van der Waals surface area contributed by atoms with E-state index in [-0.39, 0.29) is 18.5 Å². The lowest BCUT2D eigenvalue weighted by Crippen LogP contribution is -2.51. The molecule has 25 heavy (non-hydrogen) atoms. The summed E-state index contributed by atoms with van der Waals surface area (Å²) >= 11 is 0. The van der Waals surface area contributed by atoms with Crippen LogP contribution in [0.1, 0.15) is 38.7 Å². The number of anilines is 1. The number of hydrogen-bond acceptors (Lipinski definition) is 3. The molecule has 2 rings (SSSR count). The number of benzene rings is 1. The molecule has 3 N–H and O–H groups in total. The lowest BCUT2D eigenvalue weighted by Gasteiger charge is -2.35. The molecule has 0 aliphatic carbocycles. The number of para-hydroxylation sites is 1. The lowest BCUT2D eigenvalue weighted by molar-refractivity contribution is -0.139. The summed E-state index contributed by atoms with van der Waals surface area (Å²) in [6.07, 6.45) is 2.77. The van der Waals surface area contributed by atoms with Gasteiger partial charge in [-0.15, -0.1) is 0 Å². The van der Waals surface area contributed by atoms with Crippen LogP contribution in [-0.2, 0) is 16.0 Å². The summed E-state index contributed by atoms with van der Waals surface area (Å²) in [6, 6.07) is 6.21. The molecule has 7 heteroatoms. The second-order valence-corrected chi connectivity index (χ2v) is 6.29. The van der Waals surface area contributed by atoms with Crippen molar-refractivity contribution >= 4 is 23.6 Å². The first kappa shape index (κ1) is 18.8. The molecule has 0 unspecified atom stereocenters. The highest BCUT2D eigenvalue weighted by atomic mass is 16.4. The van der Waals surface area contributed by atoms with Gasteiger partial charge in [-0.05, 0) is 37.8 Å². The third-order valence-corrected chi connectivity index (χ3v) is 4.37. The first-order valence-corrected chi connectivity index (χ1v) is 8.61. The van der Waals surface area contributed by atoms with Gasteiger partial charge in [0.15, 0.2) is 0 Å². The van der Waals surface area contributed by atoms with Crippen LogP contribution in [0.5, 0.6) is 0 Å². The van der Waals surface area contributed by atoms with Crippen LogP contribution >= 0.6 is 0 Å². The minimum atomic E-state index is -1.08. The Morgan fingerprint density at radius 3 is 2.72 bits per heavy atom. The van der Waals surface area contributed by atoms with E-state index in [0.29, 0.717) is 12.8 Å². The summed E-state index contributed by atoms with van der Waals surface area (Å²) in [5.74, 6) is -1.29. The van der Waals surface area contributed by atoms with Crippen molar-refractivity contribution < 1.29 is 19.5 Å². The van der Waals surface area contributed by atoms with Crippen molar-refractivity contribution in [3.8, 4) is 0 Å². The van der Waals surface area contributed by atoms with E-state index in [4.69, 9.17) is 5.11 Å². The van der Waals surface area contributed by atoms with Gasteiger partial charge in [0, 0.05) is 11.7 Å². The Labute approximate surface area is 147 Å². The van der Waals surface area contributed by atoms with Gasteiger partial charge in [0.1, 0.15) is 6.04 Å². The quantitative estimate of drug-likeness (QED) is 0.732. The third kappa shape index (κ3) is 4.71. The number of nitrogens with one attached hydrogen (secondary N) is 2. The van der Waals surface area contributed by atoms with Crippen LogP contribution in [-0.4, -0.2) is 41.6 Å². The van der Waals surface area contributed by atoms with Gasteiger partial charge >= 0.3 is 12.0 Å². The molecule has 0 radical (unpaired) electrons. The Balaban J connectivity index is 1.96. The summed E-state index contributed by atoms with van der Waals surface area (Å²) in [5, 5.41) is 13.9. The maximum atomic E-state index is 12.6. The summed E-state index contributed by atoms with van der Waals surface area (Å²) in [5.41, 5.74) is 2.00. The monoisotopic (exact) mass is 347 g/mol. The second-order valence-electron chi connectivity index (χ2n) is 6.29. The highest BCUT2D eigenvalue weighted by Crippen LogP contribution is 2.30. The van der Waals surface area contributed by atoms with Gasteiger partial charge in [-0.25, -0.2) is 9.59 Å². The van der Waals surface area contributed by atoms with E-state index in [9.17, 15) is 14.4 Å². The van der Waals surface area contributed by atoms with Crippen molar-refractivity contribution in [3.63, 3.8) is 0 Å². The average Bonchev–Trinajstić information content (AvgIpc) is 2.59. The number of carbonyl (C=O) groups excluding carboxylic acids is 2. The number of urea groups is 1. The summed E-state index contributed by atoms with van der Waals surface area (Å²) in [6.45, 7) is 3.65. The highest BCUT2D eigenvalue weighted by Gasteiger charge is 2.28. The second kappa shape index (κ2) is 8.50. The van der Waals surface area contributed by atoms with Gasteiger partial charge in [0.05, 0.1) is 6.54 Å². The highest BCUT2D eigenvalue weighted by molar-refractivity contribution is 5.98. The number of aliphatic carboxylic acids is 1. The van der Waals surface area contributed by atoms with E-state index in [1.165, 1.54) is 0 Å². The number of aryl methyl sites for hydroxylation is 1. The Morgan fingerprint density at radius 2 is 2.04 bits per heavy atom. The molecule has 2 atom stereocenters. The molecule has 1 aliphatic rings. The zero-order valence-corrected chi connectivity index (χ0v) is 14.6. The average molecular weight is 347 g/mol. The van der Waals surface area contributed by atoms with Crippen LogP contribution in [0.15, 0.2) is 24.3 Å². The third-order valence-electron chi connectivity index (χ3n) is 4.37. The summed E-state index contributed by atoms with van der Waals surface area (Å²) < 4.78 is 0. The molecule has 136 valence electrons. The normalized spacial score (nSPS) is 17.4. The van der Waals surface area contributed by atoms with Crippen LogP contribution in [0.2, 0.25) is 0 Å². The number of amides is 3. The number of rotatable bonds is 6. The van der Waals surface area contributed by atoms with E-state index in [0.717, 1.165) is 24.1 Å². The molecule has 0 bridgehead atoms. The number of hydrogen-bond donors (Lipinski definition) is 3. The van der Waals surface area contributed by atoms with Crippen molar-refractivity contribution in [1.82, 2.24) is 10.6 Å². The number of nitrogens with zero attached hydrogens (tertiary/aromatic N) is 1. The number of fused-ring (bicyclic) bond motifs is 1. The van der Waals surface area contributed by atoms with Crippen molar-refractivity contribution in [2.45, 2.75) is 51.6 Å². The smallest absolute Gasteiger partial charge is 0.326 e. The van der Waals surface area contributed by atoms with E-state index in [1.54, 1.807) is 4.90 Å². The van der Waals surface area contributed by atoms with Crippen molar-refractivity contribution in [1.29, 1.82) is 0 Å². The minimum Gasteiger partial charge on any atom is -0.480 e. The fourth-order valence-electron chi connectivity index (χ4n) is 3.06. The standard InChI is InChI=1S/C18H25N3O4/c1-3-6-14(17(23)24)20-18(25)19-11-16(22)21-12(2)9-10-13-7-4-5-8-15(13)21/h4-5,7-8,12,14H,3,6,9-11H2,1-2H3,(H,23,24)(H2,19,20,25)/t12-,14-/m0/s1. The SMILES string of the molecule is CCC[C@H](NC(=O)NCC(=O)N1c2ccccc2CC[C@@H]1C)C(=O)O. The fourth-order valence-corrected chi connectivity index (χ4v) is 3.06. The van der Waals surface area contributed by atoms with Crippen molar-refractivity contribution in [2.75, 3.05) is 11.4 Å². The van der Waals surface area contributed by atoms with Crippen LogP contribution < -0.4 is 15.5 Å². The van der Waals surface area contributed by atoms with Crippen molar-refractivity contribution in [3.05, 3.63) is 29.8 Å². The van der Waals surface area contributed by atoms with Gasteiger partial charge in [-0.3, -0.25) is 4.79 Å². The minimum absolute atomic E-state index is 0.0547. The van der Waals surface area contributed by atoms with E-state index < -0.39 is 18.0 Å². The number of carboxylic acids is 1. The Kier molecular flexibility index (Phi) is 6.38. The van der Waals surface area contributed by atoms with Gasteiger partial charge in [-0.1, -0.05) is 31.5 Å². The molecule has 3 amide bonds. The number of carboxylic acid groups (broad SMARTS) is 1. The predicted molar refractivity (Wildman–Crippen MR) is 94.6 cm³/mol. The predicted octanol–water partition coefficient (Wildman–Crippen LogP) is 1.91. The molecule has 0 aromatic heterocycles. The molecule has 0 fully saturated rings. The maximum Gasteiger partial charge on any atom is 0.326 e. The fraction of sp³-hybridized carbons (Fsp3) is 0.500. The Hall–Kier alpha value is -2.57. The Bertz CT molecular complexity index is 647. The number of carbonyl (C=O) groups is 3. The molecule has 0 saturated heterocycles. The maximum absolute atomic E-state index is 12.6. The van der Waals surface area contributed by atoms with Crippen LogP contribution in [0, 0.1) is 0 Å². The first-order chi connectivity index (χ1) is 11.9. The van der Waals surface area contributed by atoms with E-state index in [2.05, 4.69) is 10.6 Å². The van der Waals surface area contributed by atoms with Crippen LogP contribution in [0.25, 0.3) is 0 Å². The zero-order chi connectivity index (χ0) is 18.4. The molecular weight excluding hydrogens is 322 g/mol. The molecule has 1 aromatic carbocycles. The molecular formula is C18H25N3O4. The molecule has 7 nitrogen and oxygen atoms in total. The van der Waals surface area contributed by atoms with Crippen LogP contribution in [0.4, 0.5) is 10.5 Å². The van der Waals surface area contributed by atoms with E-state index >= 15 is 0 Å². The largest absolute Gasteiger partial charge is 0.480 e. The molecule has 1 aliphatic heterocycles. The molecule has 1 aromatic rings. The first-order valence-electron chi connectivity index (χ1n) is 8.61.